The molecule has 0 aliphatic rings. The summed E-state index contributed by atoms with van der Waals surface area (Å²) in [4.78, 5) is 2.18. The molecule has 22 heavy (non-hydrogen) atoms. The van der Waals surface area contributed by atoms with Crippen LogP contribution in [0, 0.1) is 0 Å². The number of ether oxygens (including phenoxy) is 1. The predicted octanol–water partition coefficient (Wildman–Crippen LogP) is 4.30. The Bertz CT molecular complexity index is 746. The van der Waals surface area contributed by atoms with Crippen molar-refractivity contribution >= 4 is 10.9 Å². The van der Waals surface area contributed by atoms with Crippen molar-refractivity contribution in [2.24, 2.45) is 0 Å². The molecule has 3 heteroatoms. The van der Waals surface area contributed by atoms with Gasteiger partial charge in [0.2, 0.25) is 0 Å². The van der Waals surface area contributed by atoms with E-state index < -0.39 is 0 Å². The molecule has 0 spiro atoms. The Balaban J connectivity index is 1.95. The number of rotatable bonds is 5. The highest BCUT2D eigenvalue weighted by Gasteiger charge is 2.16. The van der Waals surface area contributed by atoms with Crippen LogP contribution in [-0.2, 0) is 6.61 Å². The molecule has 3 nitrogen and oxygen atoms in total. The zero-order valence-corrected chi connectivity index (χ0v) is 13.4. The SMILES string of the molecule is CC(N(C)C)n1c(OCc2ccccc2)cc2ccccc21. The highest BCUT2D eigenvalue weighted by atomic mass is 16.5. The van der Waals surface area contributed by atoms with Gasteiger partial charge in [-0.1, -0.05) is 48.5 Å². The largest absolute Gasteiger partial charge is 0.474 e. The third-order valence-electron chi connectivity index (χ3n) is 4.06. The summed E-state index contributed by atoms with van der Waals surface area (Å²) in [6, 6.07) is 20.8. The van der Waals surface area contributed by atoms with E-state index in [9.17, 15) is 0 Å². The standard InChI is InChI=1S/C19H22N2O/c1-15(20(2)3)21-18-12-8-7-11-17(18)13-19(21)22-14-16-9-5-4-6-10-16/h4-13,15H,14H2,1-3H3. The van der Waals surface area contributed by atoms with Crippen molar-refractivity contribution in [3.05, 3.63) is 66.2 Å². The molecule has 0 bridgehead atoms. The van der Waals surface area contributed by atoms with Gasteiger partial charge < -0.3 is 4.74 Å². The number of hydrogen-bond donors (Lipinski definition) is 0. The topological polar surface area (TPSA) is 17.4 Å². The van der Waals surface area contributed by atoms with Gasteiger partial charge in [0, 0.05) is 11.5 Å². The molecule has 0 aliphatic heterocycles. The monoisotopic (exact) mass is 294 g/mol. The van der Waals surface area contributed by atoms with Gasteiger partial charge in [0.15, 0.2) is 5.88 Å². The van der Waals surface area contributed by atoms with Crippen molar-refractivity contribution in [3.63, 3.8) is 0 Å². The molecule has 0 fully saturated rings. The van der Waals surface area contributed by atoms with Gasteiger partial charge >= 0.3 is 0 Å². The number of benzene rings is 2. The van der Waals surface area contributed by atoms with E-state index in [0.717, 1.165) is 5.88 Å². The maximum Gasteiger partial charge on any atom is 0.196 e. The second-order valence-corrected chi connectivity index (χ2v) is 5.78. The molecule has 1 unspecified atom stereocenters. The van der Waals surface area contributed by atoms with Gasteiger partial charge in [0.1, 0.15) is 6.61 Å². The highest BCUT2D eigenvalue weighted by Crippen LogP contribution is 2.30. The van der Waals surface area contributed by atoms with Crippen molar-refractivity contribution in [1.29, 1.82) is 0 Å². The van der Waals surface area contributed by atoms with E-state index in [1.54, 1.807) is 0 Å². The van der Waals surface area contributed by atoms with E-state index >= 15 is 0 Å². The fourth-order valence-electron chi connectivity index (χ4n) is 2.61. The van der Waals surface area contributed by atoms with Crippen LogP contribution in [0.2, 0.25) is 0 Å². The van der Waals surface area contributed by atoms with Gasteiger partial charge in [-0.25, -0.2) is 0 Å². The Labute approximate surface area is 131 Å². The zero-order valence-electron chi connectivity index (χ0n) is 13.4. The van der Waals surface area contributed by atoms with Crippen LogP contribution in [0.15, 0.2) is 60.7 Å². The van der Waals surface area contributed by atoms with Crippen molar-refractivity contribution in [1.82, 2.24) is 9.47 Å². The molecule has 1 atom stereocenters. The first-order chi connectivity index (χ1) is 10.7. The van der Waals surface area contributed by atoms with E-state index in [4.69, 9.17) is 4.74 Å². The molecule has 2 aromatic carbocycles. The number of fused-ring (bicyclic) bond motifs is 1. The average Bonchev–Trinajstić information content (AvgIpc) is 2.91. The van der Waals surface area contributed by atoms with E-state index in [1.165, 1.54) is 16.5 Å². The Kier molecular flexibility index (Phi) is 4.16. The van der Waals surface area contributed by atoms with Crippen LogP contribution in [0.4, 0.5) is 0 Å². The maximum atomic E-state index is 6.12. The summed E-state index contributed by atoms with van der Waals surface area (Å²) in [5.41, 5.74) is 2.38. The van der Waals surface area contributed by atoms with Crippen LogP contribution in [-0.4, -0.2) is 23.6 Å². The van der Waals surface area contributed by atoms with Gasteiger partial charge in [-0.05, 0) is 32.6 Å². The predicted molar refractivity (Wildman–Crippen MR) is 91.1 cm³/mol. The second-order valence-electron chi connectivity index (χ2n) is 5.78. The fourth-order valence-corrected chi connectivity index (χ4v) is 2.61. The molecule has 0 N–H and O–H groups in total. The van der Waals surface area contributed by atoms with Crippen molar-refractivity contribution < 1.29 is 4.74 Å². The zero-order chi connectivity index (χ0) is 15.5. The third-order valence-corrected chi connectivity index (χ3v) is 4.06. The minimum atomic E-state index is 0.227. The van der Waals surface area contributed by atoms with Gasteiger partial charge in [-0.2, -0.15) is 0 Å². The third kappa shape index (κ3) is 2.85. The molecule has 3 aromatic rings. The quantitative estimate of drug-likeness (QED) is 0.698. The highest BCUT2D eigenvalue weighted by molar-refractivity contribution is 5.82. The van der Waals surface area contributed by atoms with Gasteiger partial charge in [0.05, 0.1) is 11.7 Å². The van der Waals surface area contributed by atoms with E-state index in [2.05, 4.69) is 73.0 Å². The molecule has 3 rings (SSSR count). The Morgan fingerprint density at radius 3 is 2.41 bits per heavy atom. The van der Waals surface area contributed by atoms with Crippen LogP contribution >= 0.6 is 0 Å². The molecular weight excluding hydrogens is 272 g/mol. The first-order valence-corrected chi connectivity index (χ1v) is 7.60. The normalized spacial score (nSPS) is 12.7. The first kappa shape index (κ1) is 14.7. The molecule has 0 saturated heterocycles. The summed E-state index contributed by atoms with van der Waals surface area (Å²) < 4.78 is 8.36. The molecule has 0 aliphatic carbocycles. The number of nitrogens with zero attached hydrogens (tertiary/aromatic N) is 2. The van der Waals surface area contributed by atoms with Gasteiger partial charge in [0.25, 0.3) is 0 Å². The van der Waals surface area contributed by atoms with Crippen molar-refractivity contribution in [2.75, 3.05) is 14.1 Å². The first-order valence-electron chi connectivity index (χ1n) is 7.60. The average molecular weight is 294 g/mol. The second kappa shape index (κ2) is 6.24. The molecule has 1 heterocycles. The summed E-state index contributed by atoms with van der Waals surface area (Å²) in [5.74, 6) is 0.909. The smallest absolute Gasteiger partial charge is 0.196 e. The minimum absolute atomic E-state index is 0.227. The molecule has 0 saturated carbocycles. The summed E-state index contributed by atoms with van der Waals surface area (Å²) in [6.07, 6.45) is 0.227. The number of aromatic nitrogens is 1. The molecule has 114 valence electrons. The van der Waals surface area contributed by atoms with Gasteiger partial charge in [-0.3, -0.25) is 9.47 Å². The Morgan fingerprint density at radius 1 is 1.00 bits per heavy atom. The van der Waals surface area contributed by atoms with E-state index in [0.29, 0.717) is 6.61 Å². The summed E-state index contributed by atoms with van der Waals surface area (Å²) in [5, 5.41) is 1.21. The van der Waals surface area contributed by atoms with Crippen LogP contribution in [0.5, 0.6) is 5.88 Å². The molecule has 1 aromatic heterocycles. The van der Waals surface area contributed by atoms with Gasteiger partial charge in [-0.15, -0.1) is 0 Å². The van der Waals surface area contributed by atoms with Crippen LogP contribution in [0.3, 0.4) is 0 Å². The maximum absolute atomic E-state index is 6.12. The lowest BCUT2D eigenvalue weighted by atomic mass is 10.2. The van der Waals surface area contributed by atoms with Crippen LogP contribution < -0.4 is 4.74 Å². The lowest BCUT2D eigenvalue weighted by Crippen LogP contribution is -2.23. The summed E-state index contributed by atoms with van der Waals surface area (Å²) >= 11 is 0. The lowest BCUT2D eigenvalue weighted by Gasteiger charge is -2.24. The fraction of sp³-hybridized carbons (Fsp3) is 0.263. The molecule has 0 amide bonds. The van der Waals surface area contributed by atoms with Crippen LogP contribution in [0.1, 0.15) is 18.7 Å². The Morgan fingerprint density at radius 2 is 1.68 bits per heavy atom. The van der Waals surface area contributed by atoms with Crippen molar-refractivity contribution in [3.8, 4) is 5.88 Å². The Hall–Kier alpha value is -2.26. The number of hydrogen-bond acceptors (Lipinski definition) is 2. The minimum Gasteiger partial charge on any atom is -0.474 e. The van der Waals surface area contributed by atoms with E-state index in [1.807, 2.05) is 18.2 Å². The summed E-state index contributed by atoms with van der Waals surface area (Å²) in [7, 11) is 4.17. The summed E-state index contributed by atoms with van der Waals surface area (Å²) in [6.45, 7) is 2.76. The van der Waals surface area contributed by atoms with Crippen molar-refractivity contribution in [2.45, 2.75) is 19.7 Å². The molecule has 0 radical (unpaired) electrons. The van der Waals surface area contributed by atoms with Crippen LogP contribution in [0.25, 0.3) is 10.9 Å². The number of para-hydroxylation sites is 1. The lowest BCUT2D eigenvalue weighted by molar-refractivity contribution is 0.205. The molecular formula is C19H22N2O. The van der Waals surface area contributed by atoms with E-state index in [-0.39, 0.29) is 6.17 Å².